The van der Waals surface area contributed by atoms with Gasteiger partial charge in [-0.25, -0.2) is 0 Å². The van der Waals surface area contributed by atoms with E-state index in [1.165, 1.54) is 0 Å². The summed E-state index contributed by atoms with van der Waals surface area (Å²) in [7, 11) is 5.22. The fraction of sp³-hybridized carbons (Fsp3) is 0.556. The van der Waals surface area contributed by atoms with Gasteiger partial charge in [0.1, 0.15) is 0 Å². The highest BCUT2D eigenvalue weighted by atomic mass is 16.2. The maximum atomic E-state index is 12.6. The van der Waals surface area contributed by atoms with E-state index in [-0.39, 0.29) is 23.8 Å². The summed E-state index contributed by atoms with van der Waals surface area (Å²) in [5.41, 5.74) is 0.253. The molecule has 1 aromatic rings. The predicted molar refractivity (Wildman–Crippen MR) is 102 cm³/mol. The molecule has 8 heteroatoms. The molecule has 0 bridgehead atoms. The summed E-state index contributed by atoms with van der Waals surface area (Å²) in [6.45, 7) is 0.580. The average molecular weight is 360 g/mol. The minimum Gasteiger partial charge on any atom is -0.355 e. The molecule has 1 aliphatic rings. The number of carbonyl (C=O) groups excluding carboxylic acids is 2. The molecule has 0 unspecified atom stereocenters. The second-order valence-corrected chi connectivity index (χ2v) is 6.76. The molecule has 8 nitrogen and oxygen atoms in total. The zero-order valence-electron chi connectivity index (χ0n) is 15.7. The Morgan fingerprint density at radius 1 is 1.27 bits per heavy atom. The van der Waals surface area contributed by atoms with Crippen molar-refractivity contribution in [2.75, 3.05) is 39.5 Å². The molecule has 1 aliphatic carbocycles. The Kier molecular flexibility index (Phi) is 6.94. The number of nitrogens with zero attached hydrogens (tertiary/aromatic N) is 3. The van der Waals surface area contributed by atoms with Crippen molar-refractivity contribution in [3.63, 3.8) is 0 Å². The van der Waals surface area contributed by atoms with E-state index in [4.69, 9.17) is 0 Å². The highest BCUT2D eigenvalue weighted by molar-refractivity contribution is 5.95. The molecule has 1 aromatic heterocycles. The van der Waals surface area contributed by atoms with Crippen molar-refractivity contribution in [3.05, 3.63) is 24.5 Å². The van der Waals surface area contributed by atoms with E-state index in [1.54, 1.807) is 50.6 Å². The Labute approximate surface area is 154 Å². The number of amides is 2. The molecule has 0 atom stereocenters. The number of anilines is 1. The van der Waals surface area contributed by atoms with E-state index in [9.17, 15) is 9.59 Å². The second-order valence-electron chi connectivity index (χ2n) is 6.76. The van der Waals surface area contributed by atoms with Gasteiger partial charge in [0.15, 0.2) is 5.96 Å². The predicted octanol–water partition coefficient (Wildman–Crippen LogP) is 0.834. The van der Waals surface area contributed by atoms with Crippen molar-refractivity contribution in [2.24, 2.45) is 10.4 Å². The van der Waals surface area contributed by atoms with Gasteiger partial charge in [-0.1, -0.05) is 12.8 Å². The molecule has 1 heterocycles. The van der Waals surface area contributed by atoms with Gasteiger partial charge in [-0.05, 0) is 25.0 Å². The van der Waals surface area contributed by atoms with Crippen molar-refractivity contribution in [2.45, 2.75) is 25.7 Å². The summed E-state index contributed by atoms with van der Waals surface area (Å²) in [5, 5.41) is 8.94. The van der Waals surface area contributed by atoms with Crippen LogP contribution in [0, 0.1) is 5.41 Å². The van der Waals surface area contributed by atoms with Crippen LogP contribution in [-0.2, 0) is 9.59 Å². The number of hydrogen-bond acceptors (Lipinski definition) is 4. The van der Waals surface area contributed by atoms with Crippen LogP contribution in [-0.4, -0.2) is 61.9 Å². The lowest BCUT2D eigenvalue weighted by molar-refractivity contribution is -0.138. The van der Waals surface area contributed by atoms with E-state index in [2.05, 4.69) is 25.9 Å². The highest BCUT2D eigenvalue weighted by Crippen LogP contribution is 2.38. The summed E-state index contributed by atoms with van der Waals surface area (Å²) in [4.78, 5) is 34.4. The molecule has 1 fully saturated rings. The van der Waals surface area contributed by atoms with Crippen molar-refractivity contribution < 1.29 is 9.59 Å². The third-order valence-electron chi connectivity index (χ3n) is 4.60. The highest BCUT2D eigenvalue weighted by Gasteiger charge is 2.42. The minimum atomic E-state index is -0.390. The first kappa shape index (κ1) is 19.7. The summed E-state index contributed by atoms with van der Waals surface area (Å²) in [6.07, 6.45) is 7.09. The molecule has 0 spiro atoms. The Hall–Kier alpha value is -2.64. The van der Waals surface area contributed by atoms with Gasteiger partial charge in [0, 0.05) is 33.9 Å². The standard InChI is InChI=1S/C18H28N6O2/c1-19-17(21-12-15(25)23-14-7-6-10-20-11-14)22-13-18(8-4-5-9-18)16(26)24(2)3/h6-7,10-11H,4-5,8-9,12-13H2,1-3H3,(H,23,25)(H2,19,21,22). The third kappa shape index (κ3) is 5.18. The molecule has 2 amide bonds. The summed E-state index contributed by atoms with van der Waals surface area (Å²) < 4.78 is 0. The molecule has 0 aromatic carbocycles. The molecule has 3 N–H and O–H groups in total. The Morgan fingerprint density at radius 2 is 2.00 bits per heavy atom. The molecule has 26 heavy (non-hydrogen) atoms. The van der Waals surface area contributed by atoms with Gasteiger partial charge < -0.3 is 20.9 Å². The van der Waals surface area contributed by atoms with E-state index in [0.29, 0.717) is 18.2 Å². The van der Waals surface area contributed by atoms with Crippen molar-refractivity contribution in [3.8, 4) is 0 Å². The quantitative estimate of drug-likeness (QED) is 0.516. The third-order valence-corrected chi connectivity index (χ3v) is 4.60. The lowest BCUT2D eigenvalue weighted by atomic mass is 9.84. The maximum Gasteiger partial charge on any atom is 0.243 e. The zero-order valence-corrected chi connectivity index (χ0v) is 15.7. The first-order chi connectivity index (χ1) is 12.5. The van der Waals surface area contributed by atoms with Crippen LogP contribution >= 0.6 is 0 Å². The first-order valence-corrected chi connectivity index (χ1v) is 8.83. The monoisotopic (exact) mass is 360 g/mol. The van der Waals surface area contributed by atoms with Crippen molar-refractivity contribution in [1.82, 2.24) is 20.5 Å². The van der Waals surface area contributed by atoms with E-state index >= 15 is 0 Å². The van der Waals surface area contributed by atoms with Crippen LogP contribution in [0.25, 0.3) is 0 Å². The van der Waals surface area contributed by atoms with E-state index < -0.39 is 0 Å². The topological polar surface area (TPSA) is 98.7 Å². The van der Waals surface area contributed by atoms with Crippen LogP contribution in [0.5, 0.6) is 0 Å². The lowest BCUT2D eigenvalue weighted by Gasteiger charge is -2.31. The van der Waals surface area contributed by atoms with Gasteiger partial charge in [-0.15, -0.1) is 0 Å². The number of rotatable bonds is 6. The Morgan fingerprint density at radius 3 is 2.58 bits per heavy atom. The molecule has 1 saturated carbocycles. The van der Waals surface area contributed by atoms with Crippen LogP contribution < -0.4 is 16.0 Å². The van der Waals surface area contributed by atoms with Gasteiger partial charge in [0.25, 0.3) is 0 Å². The zero-order chi connectivity index (χ0) is 19.0. The normalized spacial score (nSPS) is 16.0. The number of nitrogens with one attached hydrogen (secondary N) is 3. The molecular formula is C18H28N6O2. The number of carbonyl (C=O) groups is 2. The number of aliphatic imine (C=N–C) groups is 1. The van der Waals surface area contributed by atoms with Gasteiger partial charge in [0.2, 0.25) is 11.8 Å². The molecule has 0 aliphatic heterocycles. The van der Waals surface area contributed by atoms with Crippen molar-refractivity contribution >= 4 is 23.5 Å². The molecule has 0 radical (unpaired) electrons. The van der Waals surface area contributed by atoms with Crippen LogP contribution in [0.4, 0.5) is 5.69 Å². The van der Waals surface area contributed by atoms with Gasteiger partial charge in [-0.2, -0.15) is 0 Å². The summed E-state index contributed by atoms with van der Waals surface area (Å²) in [5.74, 6) is 0.456. The van der Waals surface area contributed by atoms with Gasteiger partial charge in [-0.3, -0.25) is 19.6 Å². The van der Waals surface area contributed by atoms with Gasteiger partial charge in [0.05, 0.1) is 23.8 Å². The average Bonchev–Trinajstić information content (AvgIpc) is 3.12. The molecule has 142 valence electrons. The SMILES string of the molecule is CN=C(NCC(=O)Nc1cccnc1)NCC1(C(=O)N(C)C)CCCC1. The Balaban J connectivity index is 1.85. The lowest BCUT2D eigenvalue weighted by Crippen LogP contribution is -2.50. The largest absolute Gasteiger partial charge is 0.355 e. The summed E-state index contributed by atoms with van der Waals surface area (Å²) in [6, 6.07) is 3.53. The molecular weight excluding hydrogens is 332 g/mol. The number of aromatic nitrogens is 1. The second kappa shape index (κ2) is 9.17. The van der Waals surface area contributed by atoms with Gasteiger partial charge >= 0.3 is 0 Å². The fourth-order valence-electron chi connectivity index (χ4n) is 3.27. The number of pyridine rings is 1. The van der Waals surface area contributed by atoms with E-state index in [0.717, 1.165) is 25.7 Å². The minimum absolute atomic E-state index is 0.0726. The molecule has 0 saturated heterocycles. The Bertz CT molecular complexity index is 638. The van der Waals surface area contributed by atoms with Crippen LogP contribution in [0.1, 0.15) is 25.7 Å². The summed E-state index contributed by atoms with van der Waals surface area (Å²) >= 11 is 0. The number of guanidine groups is 1. The smallest absolute Gasteiger partial charge is 0.243 e. The fourth-order valence-corrected chi connectivity index (χ4v) is 3.27. The maximum absolute atomic E-state index is 12.6. The van der Waals surface area contributed by atoms with Crippen LogP contribution in [0.3, 0.4) is 0 Å². The number of hydrogen-bond donors (Lipinski definition) is 3. The van der Waals surface area contributed by atoms with E-state index in [1.807, 2.05) is 0 Å². The van der Waals surface area contributed by atoms with Crippen molar-refractivity contribution in [1.29, 1.82) is 0 Å². The first-order valence-electron chi connectivity index (χ1n) is 8.83. The molecule has 2 rings (SSSR count). The van der Waals surface area contributed by atoms with Crippen LogP contribution in [0.15, 0.2) is 29.5 Å². The van der Waals surface area contributed by atoms with Crippen LogP contribution in [0.2, 0.25) is 0 Å².